The van der Waals surface area contributed by atoms with Crippen LogP contribution in [0.15, 0.2) is 36.7 Å². The molecule has 19 heavy (non-hydrogen) atoms. The van der Waals surface area contributed by atoms with Gasteiger partial charge in [-0.25, -0.2) is 4.39 Å². The van der Waals surface area contributed by atoms with Crippen LogP contribution in [0.4, 0.5) is 4.39 Å². The average molecular weight is 260 g/mol. The molecule has 0 aromatic heterocycles. The second-order valence-electron chi connectivity index (χ2n) is 5.81. The van der Waals surface area contributed by atoms with E-state index in [1.54, 1.807) is 6.08 Å². The first kappa shape index (κ1) is 14.3. The van der Waals surface area contributed by atoms with E-state index >= 15 is 0 Å². The van der Waals surface area contributed by atoms with Crippen LogP contribution in [-0.2, 0) is 6.42 Å². The summed E-state index contributed by atoms with van der Waals surface area (Å²) in [4.78, 5) is 0. The zero-order valence-corrected chi connectivity index (χ0v) is 11.9. The van der Waals surface area contributed by atoms with Gasteiger partial charge >= 0.3 is 0 Å². The van der Waals surface area contributed by atoms with E-state index in [0.29, 0.717) is 12.2 Å². The molecule has 0 amide bonds. The molecule has 0 N–H and O–H groups in total. The number of halogens is 1. The first-order valence-corrected chi connectivity index (χ1v) is 7.67. The van der Waals surface area contributed by atoms with E-state index in [1.807, 2.05) is 0 Å². The SMILES string of the molecule is CCCc1ccc([C@H]2CC[C@H](CC=CF)CC2)cc1. The van der Waals surface area contributed by atoms with E-state index < -0.39 is 0 Å². The van der Waals surface area contributed by atoms with Crippen molar-refractivity contribution in [3.05, 3.63) is 47.8 Å². The van der Waals surface area contributed by atoms with Crippen molar-refractivity contribution in [3.8, 4) is 0 Å². The highest BCUT2D eigenvalue weighted by Gasteiger charge is 2.21. The first-order chi connectivity index (χ1) is 9.33. The molecule has 0 unspecified atom stereocenters. The Morgan fingerprint density at radius 1 is 1.11 bits per heavy atom. The number of benzene rings is 1. The lowest BCUT2D eigenvalue weighted by atomic mass is 9.77. The maximum absolute atomic E-state index is 12.0. The summed E-state index contributed by atoms with van der Waals surface area (Å²) in [5.74, 6) is 1.42. The third kappa shape index (κ3) is 4.19. The summed E-state index contributed by atoms with van der Waals surface area (Å²) in [6, 6.07) is 9.21. The van der Waals surface area contributed by atoms with Crippen LogP contribution in [0.5, 0.6) is 0 Å². The molecule has 1 saturated carbocycles. The number of allylic oxidation sites excluding steroid dienone is 1. The quantitative estimate of drug-likeness (QED) is 0.629. The van der Waals surface area contributed by atoms with Crippen LogP contribution in [0.2, 0.25) is 0 Å². The Morgan fingerprint density at radius 3 is 2.37 bits per heavy atom. The van der Waals surface area contributed by atoms with Crippen molar-refractivity contribution in [2.75, 3.05) is 0 Å². The van der Waals surface area contributed by atoms with Crippen LogP contribution in [0.1, 0.15) is 62.5 Å². The van der Waals surface area contributed by atoms with Crippen molar-refractivity contribution >= 4 is 0 Å². The number of aryl methyl sites for hydroxylation is 1. The van der Waals surface area contributed by atoms with Gasteiger partial charge in [0.05, 0.1) is 6.33 Å². The smallest absolute Gasteiger partial charge is 0.0827 e. The number of hydrogen-bond donors (Lipinski definition) is 0. The monoisotopic (exact) mass is 260 g/mol. The highest BCUT2D eigenvalue weighted by Crippen LogP contribution is 2.37. The van der Waals surface area contributed by atoms with Crippen LogP contribution in [0.25, 0.3) is 0 Å². The van der Waals surface area contributed by atoms with E-state index in [-0.39, 0.29) is 0 Å². The van der Waals surface area contributed by atoms with Crippen molar-refractivity contribution in [2.24, 2.45) is 5.92 Å². The van der Waals surface area contributed by atoms with Gasteiger partial charge in [-0.15, -0.1) is 0 Å². The minimum Gasteiger partial charge on any atom is -0.216 e. The molecule has 0 aliphatic heterocycles. The summed E-state index contributed by atoms with van der Waals surface area (Å²) in [7, 11) is 0. The van der Waals surface area contributed by atoms with Gasteiger partial charge < -0.3 is 0 Å². The zero-order valence-electron chi connectivity index (χ0n) is 11.9. The first-order valence-electron chi connectivity index (χ1n) is 7.67. The predicted molar refractivity (Wildman–Crippen MR) is 80.0 cm³/mol. The molecule has 1 aliphatic rings. The summed E-state index contributed by atoms with van der Waals surface area (Å²) < 4.78 is 12.0. The van der Waals surface area contributed by atoms with Gasteiger partial charge in [-0.1, -0.05) is 43.7 Å². The van der Waals surface area contributed by atoms with E-state index in [2.05, 4.69) is 31.2 Å². The zero-order chi connectivity index (χ0) is 13.5. The van der Waals surface area contributed by atoms with Crippen molar-refractivity contribution in [2.45, 2.75) is 57.8 Å². The van der Waals surface area contributed by atoms with E-state index in [1.165, 1.54) is 49.7 Å². The molecule has 0 saturated heterocycles. The Balaban J connectivity index is 1.86. The standard InChI is InChI=1S/C18H25F/c1-2-4-15-6-10-17(11-7-15)18-12-8-16(9-13-18)5-3-14-19/h3,6-7,10-11,14,16,18H,2,4-5,8-9,12-13H2,1H3/t16-,18-. The lowest BCUT2D eigenvalue weighted by Gasteiger charge is -2.28. The van der Waals surface area contributed by atoms with Gasteiger partial charge in [0.15, 0.2) is 0 Å². The Hall–Kier alpha value is -1.11. The van der Waals surface area contributed by atoms with Crippen molar-refractivity contribution in [1.82, 2.24) is 0 Å². The molecule has 104 valence electrons. The van der Waals surface area contributed by atoms with Crippen LogP contribution < -0.4 is 0 Å². The molecular formula is C18H25F. The van der Waals surface area contributed by atoms with Crippen LogP contribution in [0.3, 0.4) is 0 Å². The second kappa shape index (κ2) is 7.47. The van der Waals surface area contributed by atoms with Gasteiger partial charge in [-0.2, -0.15) is 0 Å². The molecule has 1 aliphatic carbocycles. The number of hydrogen-bond acceptors (Lipinski definition) is 0. The highest BCUT2D eigenvalue weighted by atomic mass is 19.1. The molecule has 1 aromatic carbocycles. The molecule has 0 spiro atoms. The van der Waals surface area contributed by atoms with Crippen LogP contribution >= 0.6 is 0 Å². The third-order valence-corrected chi connectivity index (χ3v) is 4.40. The highest BCUT2D eigenvalue weighted by molar-refractivity contribution is 5.25. The average Bonchev–Trinajstić information content (AvgIpc) is 2.47. The summed E-state index contributed by atoms with van der Waals surface area (Å²) >= 11 is 0. The maximum atomic E-state index is 12.0. The van der Waals surface area contributed by atoms with E-state index in [9.17, 15) is 4.39 Å². The van der Waals surface area contributed by atoms with Crippen LogP contribution in [-0.4, -0.2) is 0 Å². The van der Waals surface area contributed by atoms with Gasteiger partial charge in [0.1, 0.15) is 0 Å². The van der Waals surface area contributed by atoms with Crippen molar-refractivity contribution < 1.29 is 4.39 Å². The molecule has 0 radical (unpaired) electrons. The Bertz CT molecular complexity index is 383. The van der Waals surface area contributed by atoms with E-state index in [0.717, 1.165) is 12.3 Å². The fraction of sp³-hybridized carbons (Fsp3) is 0.556. The van der Waals surface area contributed by atoms with Gasteiger partial charge in [0.2, 0.25) is 0 Å². The van der Waals surface area contributed by atoms with E-state index in [4.69, 9.17) is 0 Å². The molecule has 0 heterocycles. The van der Waals surface area contributed by atoms with Crippen LogP contribution in [0, 0.1) is 5.92 Å². The Labute approximate surface area is 116 Å². The molecule has 0 nitrogen and oxygen atoms in total. The predicted octanol–water partition coefficient (Wildman–Crippen LogP) is 5.79. The Kier molecular flexibility index (Phi) is 5.62. The molecule has 0 atom stereocenters. The summed E-state index contributed by atoms with van der Waals surface area (Å²) in [6.45, 7) is 2.22. The van der Waals surface area contributed by atoms with Gasteiger partial charge in [0, 0.05) is 0 Å². The summed E-state index contributed by atoms with van der Waals surface area (Å²) in [5, 5.41) is 0. The molecular weight excluding hydrogens is 235 g/mol. The minimum absolute atomic E-state index is 0.693. The minimum atomic E-state index is 0.693. The Morgan fingerprint density at radius 2 is 1.79 bits per heavy atom. The topological polar surface area (TPSA) is 0 Å². The number of rotatable bonds is 5. The van der Waals surface area contributed by atoms with Crippen molar-refractivity contribution in [1.29, 1.82) is 0 Å². The third-order valence-electron chi connectivity index (χ3n) is 4.40. The summed E-state index contributed by atoms with van der Waals surface area (Å²) in [5.41, 5.74) is 2.95. The molecule has 2 rings (SSSR count). The van der Waals surface area contributed by atoms with Gasteiger partial charge in [-0.05, 0) is 61.5 Å². The molecule has 1 aromatic rings. The van der Waals surface area contributed by atoms with Gasteiger partial charge in [-0.3, -0.25) is 0 Å². The lowest BCUT2D eigenvalue weighted by Crippen LogP contribution is -2.12. The lowest BCUT2D eigenvalue weighted by molar-refractivity contribution is 0.327. The second-order valence-corrected chi connectivity index (χ2v) is 5.81. The fourth-order valence-corrected chi connectivity index (χ4v) is 3.22. The molecule has 1 heteroatoms. The molecule has 1 fully saturated rings. The van der Waals surface area contributed by atoms with Crippen molar-refractivity contribution in [3.63, 3.8) is 0 Å². The molecule has 0 bridgehead atoms. The normalized spacial score (nSPS) is 23.9. The fourth-order valence-electron chi connectivity index (χ4n) is 3.22. The van der Waals surface area contributed by atoms with Gasteiger partial charge in [0.25, 0.3) is 0 Å². The summed E-state index contributed by atoms with van der Waals surface area (Å²) in [6.07, 6.45) is 10.7. The largest absolute Gasteiger partial charge is 0.216 e. The maximum Gasteiger partial charge on any atom is 0.0827 e.